The number of thiophene rings is 2. The average molecular weight is 466 g/mol. The van der Waals surface area contributed by atoms with Gasteiger partial charge in [0.05, 0.1) is 21.8 Å². The Morgan fingerprint density at radius 1 is 1.18 bits per heavy atom. The van der Waals surface area contributed by atoms with Crippen LogP contribution in [0.25, 0.3) is 0 Å². The number of likely N-dealkylation sites (N-methyl/N-ethyl adjacent to an activating group) is 2. The van der Waals surface area contributed by atoms with Crippen molar-refractivity contribution in [3.8, 4) is 0 Å². The average Bonchev–Trinajstić information content (AvgIpc) is 3.06. The van der Waals surface area contributed by atoms with Gasteiger partial charge in [0.25, 0.3) is 5.91 Å². The fourth-order valence-corrected chi connectivity index (χ4v) is 4.66. The zero-order valence-electron chi connectivity index (χ0n) is 12.0. The Bertz CT molecular complexity index is 684. The lowest BCUT2D eigenvalue weighted by Crippen LogP contribution is -2.38. The summed E-state index contributed by atoms with van der Waals surface area (Å²) in [6.07, 6.45) is 0. The Labute approximate surface area is 154 Å². The van der Waals surface area contributed by atoms with Crippen molar-refractivity contribution in [1.82, 2.24) is 9.80 Å². The molecule has 4 nitrogen and oxygen atoms in total. The molecule has 22 heavy (non-hydrogen) atoms. The molecule has 8 heteroatoms. The first-order valence-electron chi connectivity index (χ1n) is 6.34. The van der Waals surface area contributed by atoms with E-state index in [1.165, 1.54) is 16.2 Å². The standard InChI is InChI=1S/C14H14Br2N2O2S2/c1-17(6-10-5-9(15)8-21-10)13(19)7-18(2)14(20)11-3-4-12(16)22-11/h3-5,8H,6-7H2,1-2H3. The van der Waals surface area contributed by atoms with Crippen LogP contribution in [-0.4, -0.2) is 42.3 Å². The number of carbonyl (C=O) groups is 2. The third-order valence-corrected chi connectivity index (χ3v) is 6.24. The number of hydrogen-bond acceptors (Lipinski definition) is 4. The second kappa shape index (κ2) is 7.72. The van der Waals surface area contributed by atoms with Crippen LogP contribution in [0.4, 0.5) is 0 Å². The molecule has 118 valence electrons. The van der Waals surface area contributed by atoms with Crippen LogP contribution >= 0.6 is 54.5 Å². The summed E-state index contributed by atoms with van der Waals surface area (Å²) in [5, 5.41) is 1.98. The Morgan fingerprint density at radius 2 is 1.91 bits per heavy atom. The number of hydrogen-bond donors (Lipinski definition) is 0. The lowest BCUT2D eigenvalue weighted by Gasteiger charge is -2.21. The summed E-state index contributed by atoms with van der Waals surface area (Å²) in [5.41, 5.74) is 0. The topological polar surface area (TPSA) is 40.6 Å². The summed E-state index contributed by atoms with van der Waals surface area (Å²) in [7, 11) is 3.39. The van der Waals surface area contributed by atoms with Gasteiger partial charge < -0.3 is 9.80 Å². The van der Waals surface area contributed by atoms with Gasteiger partial charge in [0.15, 0.2) is 0 Å². The van der Waals surface area contributed by atoms with Crippen molar-refractivity contribution < 1.29 is 9.59 Å². The van der Waals surface area contributed by atoms with Gasteiger partial charge in [0.1, 0.15) is 0 Å². The molecule has 0 aliphatic rings. The van der Waals surface area contributed by atoms with E-state index in [9.17, 15) is 9.59 Å². The first kappa shape index (κ1) is 17.7. The van der Waals surface area contributed by atoms with Gasteiger partial charge in [-0.3, -0.25) is 9.59 Å². The quantitative estimate of drug-likeness (QED) is 0.667. The summed E-state index contributed by atoms with van der Waals surface area (Å²) in [6.45, 7) is 0.610. The van der Waals surface area contributed by atoms with Crippen molar-refractivity contribution in [2.45, 2.75) is 6.54 Å². The fraction of sp³-hybridized carbons (Fsp3) is 0.286. The predicted octanol–water partition coefficient (Wildman–Crippen LogP) is 4.07. The molecule has 2 aromatic heterocycles. The van der Waals surface area contributed by atoms with Crippen LogP contribution in [0.2, 0.25) is 0 Å². The number of amides is 2. The summed E-state index contributed by atoms with van der Waals surface area (Å²) >= 11 is 9.69. The molecule has 0 saturated carbocycles. The number of carbonyl (C=O) groups excluding carboxylic acids is 2. The van der Waals surface area contributed by atoms with E-state index in [0.717, 1.165) is 13.1 Å². The molecule has 0 bridgehead atoms. The Morgan fingerprint density at radius 3 is 2.45 bits per heavy atom. The molecule has 0 aliphatic heterocycles. The summed E-state index contributed by atoms with van der Waals surface area (Å²) < 4.78 is 1.92. The molecule has 0 radical (unpaired) electrons. The smallest absolute Gasteiger partial charge is 0.264 e. The molecule has 0 fully saturated rings. The normalized spacial score (nSPS) is 10.5. The molecule has 0 saturated heterocycles. The molecule has 2 rings (SSSR count). The third kappa shape index (κ3) is 4.65. The Hall–Kier alpha value is -0.700. The summed E-state index contributed by atoms with van der Waals surface area (Å²) in [6, 6.07) is 5.58. The lowest BCUT2D eigenvalue weighted by molar-refractivity contribution is -0.130. The van der Waals surface area contributed by atoms with Gasteiger partial charge in [-0.15, -0.1) is 22.7 Å². The van der Waals surface area contributed by atoms with Crippen LogP contribution in [0, 0.1) is 0 Å². The van der Waals surface area contributed by atoms with Gasteiger partial charge in [-0.05, 0) is 50.1 Å². The van der Waals surface area contributed by atoms with Gasteiger partial charge in [-0.25, -0.2) is 0 Å². The Balaban J connectivity index is 1.91. The van der Waals surface area contributed by atoms with Crippen molar-refractivity contribution in [2.24, 2.45) is 0 Å². The van der Waals surface area contributed by atoms with Crippen LogP contribution < -0.4 is 0 Å². The number of nitrogens with zero attached hydrogens (tertiary/aromatic N) is 2. The van der Waals surface area contributed by atoms with E-state index in [0.29, 0.717) is 11.4 Å². The maximum absolute atomic E-state index is 12.2. The highest BCUT2D eigenvalue weighted by molar-refractivity contribution is 9.11. The van der Waals surface area contributed by atoms with E-state index in [1.54, 1.807) is 36.4 Å². The minimum atomic E-state index is -0.142. The first-order valence-corrected chi connectivity index (χ1v) is 9.62. The van der Waals surface area contributed by atoms with Crippen LogP contribution in [0.1, 0.15) is 14.5 Å². The molecular weight excluding hydrogens is 452 g/mol. The molecule has 0 aliphatic carbocycles. The van der Waals surface area contributed by atoms with Crippen LogP contribution in [0.5, 0.6) is 0 Å². The number of rotatable bonds is 5. The highest BCUT2D eigenvalue weighted by Crippen LogP contribution is 2.23. The molecule has 2 amide bonds. The second-order valence-electron chi connectivity index (χ2n) is 4.75. The molecule has 2 heterocycles. The van der Waals surface area contributed by atoms with Crippen molar-refractivity contribution in [2.75, 3.05) is 20.6 Å². The molecule has 0 unspecified atom stereocenters. The maximum Gasteiger partial charge on any atom is 0.264 e. The van der Waals surface area contributed by atoms with Crippen LogP contribution in [0.15, 0.2) is 31.8 Å². The maximum atomic E-state index is 12.2. The van der Waals surface area contributed by atoms with Crippen molar-refractivity contribution in [3.63, 3.8) is 0 Å². The Kier molecular flexibility index (Phi) is 6.19. The molecular formula is C14H14Br2N2O2S2. The van der Waals surface area contributed by atoms with Gasteiger partial charge >= 0.3 is 0 Å². The molecule has 0 spiro atoms. The summed E-state index contributed by atoms with van der Waals surface area (Å²) in [4.78, 5) is 29.2. The van der Waals surface area contributed by atoms with Crippen molar-refractivity contribution >= 4 is 66.3 Å². The lowest BCUT2D eigenvalue weighted by atomic mass is 10.3. The zero-order valence-corrected chi connectivity index (χ0v) is 16.8. The highest BCUT2D eigenvalue weighted by atomic mass is 79.9. The van der Waals surface area contributed by atoms with Gasteiger partial charge in [0.2, 0.25) is 5.91 Å². The SMILES string of the molecule is CN(Cc1cc(Br)cs1)C(=O)CN(C)C(=O)c1ccc(Br)s1. The summed E-state index contributed by atoms with van der Waals surface area (Å²) in [5.74, 6) is -0.229. The van der Waals surface area contributed by atoms with E-state index in [2.05, 4.69) is 31.9 Å². The van der Waals surface area contributed by atoms with Gasteiger partial charge in [0, 0.05) is 28.8 Å². The van der Waals surface area contributed by atoms with Crippen molar-refractivity contribution in [1.29, 1.82) is 0 Å². The van der Waals surface area contributed by atoms with Crippen LogP contribution in [0.3, 0.4) is 0 Å². The molecule has 2 aromatic rings. The minimum Gasteiger partial charge on any atom is -0.339 e. The number of halogens is 2. The third-order valence-electron chi connectivity index (χ3n) is 2.94. The fourth-order valence-electron chi connectivity index (χ4n) is 1.77. The highest BCUT2D eigenvalue weighted by Gasteiger charge is 2.19. The predicted molar refractivity (Wildman–Crippen MR) is 97.5 cm³/mol. The second-order valence-corrected chi connectivity index (χ2v) is 9.12. The van der Waals surface area contributed by atoms with E-state index in [1.807, 2.05) is 17.5 Å². The van der Waals surface area contributed by atoms with E-state index in [-0.39, 0.29) is 18.4 Å². The van der Waals surface area contributed by atoms with Gasteiger partial charge in [-0.2, -0.15) is 0 Å². The molecule has 0 aromatic carbocycles. The first-order chi connectivity index (χ1) is 10.4. The van der Waals surface area contributed by atoms with Crippen LogP contribution in [-0.2, 0) is 11.3 Å². The molecule has 0 atom stereocenters. The zero-order chi connectivity index (χ0) is 16.3. The van der Waals surface area contributed by atoms with Crippen molar-refractivity contribution in [3.05, 3.63) is 41.6 Å². The monoisotopic (exact) mass is 464 g/mol. The van der Waals surface area contributed by atoms with E-state index < -0.39 is 0 Å². The van der Waals surface area contributed by atoms with E-state index >= 15 is 0 Å². The largest absolute Gasteiger partial charge is 0.339 e. The van der Waals surface area contributed by atoms with Gasteiger partial charge in [-0.1, -0.05) is 0 Å². The minimum absolute atomic E-state index is 0.0669. The van der Waals surface area contributed by atoms with E-state index in [4.69, 9.17) is 0 Å². The molecule has 0 N–H and O–H groups in total.